The number of carbonyl (C=O) groups excluding carboxylic acids is 2. The van der Waals surface area contributed by atoms with Crippen LogP contribution in [0.1, 0.15) is 40.9 Å². The molecule has 10 heteroatoms. The second-order valence-electron chi connectivity index (χ2n) is 12.1. The number of anilines is 3. The molecule has 0 unspecified atom stereocenters. The Labute approximate surface area is 275 Å². The quantitative estimate of drug-likeness (QED) is 0.232. The molecule has 1 aliphatic carbocycles. The van der Waals surface area contributed by atoms with Crippen molar-refractivity contribution in [2.24, 2.45) is 5.73 Å². The summed E-state index contributed by atoms with van der Waals surface area (Å²) in [7, 11) is 1.52. The smallest absolute Gasteiger partial charge is 0.264 e. The zero-order chi connectivity index (χ0) is 31.9. The van der Waals surface area contributed by atoms with E-state index in [-0.39, 0.29) is 30.5 Å². The number of hydrogen-bond acceptors (Lipinski definition) is 8. The van der Waals surface area contributed by atoms with E-state index < -0.39 is 0 Å². The Morgan fingerprint density at radius 1 is 0.935 bits per heavy atom. The van der Waals surface area contributed by atoms with Crippen LogP contribution >= 0.6 is 11.3 Å². The van der Waals surface area contributed by atoms with Crippen LogP contribution in [-0.2, 0) is 16.1 Å². The van der Waals surface area contributed by atoms with Crippen LogP contribution in [0.3, 0.4) is 0 Å². The third kappa shape index (κ3) is 7.58. The first-order valence-electron chi connectivity index (χ1n) is 16.0. The van der Waals surface area contributed by atoms with Crippen molar-refractivity contribution in [2.75, 3.05) is 55.0 Å². The number of nitrogens with one attached hydrogen (secondary N) is 1. The largest absolute Gasteiger partial charge is 0.375 e. The van der Waals surface area contributed by atoms with Gasteiger partial charge >= 0.3 is 0 Å². The van der Waals surface area contributed by atoms with Gasteiger partial charge in [0, 0.05) is 58.1 Å². The highest BCUT2D eigenvalue weighted by Gasteiger charge is 2.29. The Bertz CT molecular complexity index is 1600. The highest BCUT2D eigenvalue weighted by atomic mass is 32.1. The van der Waals surface area contributed by atoms with Crippen LogP contribution in [0.15, 0.2) is 84.4 Å². The van der Waals surface area contributed by atoms with Gasteiger partial charge in [-0.05, 0) is 84.2 Å². The normalized spacial score (nSPS) is 18.3. The minimum absolute atomic E-state index is 0.0211. The fourth-order valence-corrected chi connectivity index (χ4v) is 7.17. The summed E-state index contributed by atoms with van der Waals surface area (Å²) in [4.78, 5) is 38.3. The number of aromatic nitrogens is 1. The Morgan fingerprint density at radius 3 is 2.43 bits per heavy atom. The Hall–Kier alpha value is -4.25. The van der Waals surface area contributed by atoms with Crippen LogP contribution in [0.2, 0.25) is 0 Å². The van der Waals surface area contributed by atoms with Crippen LogP contribution < -0.4 is 20.9 Å². The van der Waals surface area contributed by atoms with Gasteiger partial charge in [0.25, 0.3) is 5.91 Å². The average molecular weight is 639 g/mol. The van der Waals surface area contributed by atoms with E-state index in [0.29, 0.717) is 6.54 Å². The van der Waals surface area contributed by atoms with E-state index in [4.69, 9.17) is 10.5 Å². The van der Waals surface area contributed by atoms with Crippen molar-refractivity contribution in [2.45, 2.75) is 44.3 Å². The lowest BCUT2D eigenvalue weighted by Gasteiger charge is -2.37. The maximum absolute atomic E-state index is 13.7. The van der Waals surface area contributed by atoms with E-state index in [0.717, 1.165) is 90.6 Å². The van der Waals surface area contributed by atoms with Gasteiger partial charge in [-0.15, -0.1) is 11.3 Å². The summed E-state index contributed by atoms with van der Waals surface area (Å²) >= 11 is 1.49. The maximum Gasteiger partial charge on any atom is 0.264 e. The number of hydrogen-bond donors (Lipinski definition) is 2. The number of nitrogens with zero attached hydrogens (tertiary/aromatic N) is 4. The number of pyridine rings is 1. The average Bonchev–Trinajstić information content (AvgIpc) is 3.64. The zero-order valence-corrected chi connectivity index (χ0v) is 27.1. The van der Waals surface area contributed by atoms with Crippen LogP contribution in [0.4, 0.5) is 17.2 Å². The monoisotopic (exact) mass is 638 g/mol. The minimum Gasteiger partial charge on any atom is -0.375 e. The molecule has 240 valence electrons. The van der Waals surface area contributed by atoms with Crippen molar-refractivity contribution < 1.29 is 14.3 Å². The summed E-state index contributed by atoms with van der Waals surface area (Å²) in [6.45, 7) is 3.78. The molecule has 0 bridgehead atoms. The molecule has 1 saturated heterocycles. The second-order valence-corrected chi connectivity index (χ2v) is 13.0. The van der Waals surface area contributed by atoms with Crippen LogP contribution in [-0.4, -0.2) is 73.7 Å². The number of amides is 2. The fraction of sp³-hybridized carbons (Fsp3) is 0.361. The third-order valence-corrected chi connectivity index (χ3v) is 9.79. The number of nitrogens with two attached hydrogens (primary N) is 1. The lowest BCUT2D eigenvalue weighted by molar-refractivity contribution is -0.119. The summed E-state index contributed by atoms with van der Waals surface area (Å²) in [6, 6.07) is 24.8. The number of carbonyl (C=O) groups is 2. The molecular formula is C36H42N6O3S. The molecule has 3 N–H and O–H groups in total. The van der Waals surface area contributed by atoms with Crippen molar-refractivity contribution in [3.63, 3.8) is 0 Å². The predicted octanol–water partition coefficient (Wildman–Crippen LogP) is 5.63. The van der Waals surface area contributed by atoms with E-state index in [9.17, 15) is 9.59 Å². The van der Waals surface area contributed by atoms with E-state index in [2.05, 4.69) is 50.4 Å². The van der Waals surface area contributed by atoms with Crippen molar-refractivity contribution in [1.29, 1.82) is 0 Å². The molecule has 6 rings (SSSR count). The predicted molar refractivity (Wildman–Crippen MR) is 185 cm³/mol. The lowest BCUT2D eigenvalue weighted by atomic mass is 9.90. The minimum atomic E-state index is -0.197. The van der Waals surface area contributed by atoms with Gasteiger partial charge in [-0.3, -0.25) is 9.59 Å². The van der Waals surface area contributed by atoms with E-state index in [1.807, 2.05) is 58.9 Å². The highest BCUT2D eigenvalue weighted by Crippen LogP contribution is 2.34. The summed E-state index contributed by atoms with van der Waals surface area (Å²) in [6.07, 6.45) is 5.52. The van der Waals surface area contributed by atoms with E-state index in [1.54, 1.807) is 0 Å². The molecule has 2 aromatic heterocycles. The summed E-state index contributed by atoms with van der Waals surface area (Å²) in [5.74, 6) is 0.863. The number of thiophene rings is 1. The van der Waals surface area contributed by atoms with Gasteiger partial charge in [-0.1, -0.05) is 36.4 Å². The molecule has 0 radical (unpaired) electrons. The first-order valence-corrected chi connectivity index (χ1v) is 16.9. The fourth-order valence-electron chi connectivity index (χ4n) is 6.49. The standard InChI is InChI=1S/C36H42N6O3S/c1-45-25-35(43)39-31-23-28(10-15-32(31)40-17-19-41(20-18-40)34-9-2-3-16-38-34)27-7-4-6-26(22-27)24-42(30-13-11-29(37)12-14-30)36(44)33-8-5-21-46-33/h2-10,15-16,21-23,29-30H,11-14,17-20,24-25,37H2,1H3,(H,39,43). The van der Waals surface area contributed by atoms with Gasteiger partial charge in [0.05, 0.1) is 16.3 Å². The first-order chi connectivity index (χ1) is 22.5. The van der Waals surface area contributed by atoms with Gasteiger partial charge < -0.3 is 30.5 Å². The van der Waals surface area contributed by atoms with Gasteiger partial charge in [0.1, 0.15) is 12.4 Å². The van der Waals surface area contributed by atoms with Crippen molar-refractivity contribution in [3.8, 4) is 11.1 Å². The van der Waals surface area contributed by atoms with Crippen LogP contribution in [0.5, 0.6) is 0 Å². The molecule has 4 aromatic rings. The molecule has 0 atom stereocenters. The van der Waals surface area contributed by atoms with Gasteiger partial charge in [-0.25, -0.2) is 4.98 Å². The van der Waals surface area contributed by atoms with Crippen molar-refractivity contribution in [3.05, 3.63) is 94.8 Å². The number of benzene rings is 2. The molecule has 1 saturated carbocycles. The molecule has 2 fully saturated rings. The van der Waals surface area contributed by atoms with Crippen LogP contribution in [0.25, 0.3) is 11.1 Å². The molecule has 2 amide bonds. The SMILES string of the molecule is COCC(=O)Nc1cc(-c2cccc(CN(C(=O)c3cccs3)C3CCC(N)CC3)c2)ccc1N1CCN(c2ccccn2)CC1. The molecule has 2 aliphatic rings. The Kier molecular flexibility index (Phi) is 10.3. The maximum atomic E-state index is 13.7. The van der Waals surface area contributed by atoms with Crippen LogP contribution in [0, 0.1) is 0 Å². The number of piperazine rings is 1. The number of methoxy groups -OCH3 is 1. The third-order valence-electron chi connectivity index (χ3n) is 8.93. The molecule has 1 aliphatic heterocycles. The summed E-state index contributed by atoms with van der Waals surface area (Å²) in [5, 5.41) is 5.05. The number of ether oxygens (including phenoxy) is 1. The molecule has 9 nitrogen and oxygen atoms in total. The Morgan fingerprint density at radius 2 is 1.72 bits per heavy atom. The van der Waals surface area contributed by atoms with Crippen molar-refractivity contribution in [1.82, 2.24) is 9.88 Å². The van der Waals surface area contributed by atoms with Gasteiger partial charge in [0.2, 0.25) is 5.91 Å². The van der Waals surface area contributed by atoms with Gasteiger partial charge in [-0.2, -0.15) is 0 Å². The second kappa shape index (κ2) is 14.9. The molecule has 46 heavy (non-hydrogen) atoms. The molecule has 3 heterocycles. The molecule has 0 spiro atoms. The highest BCUT2D eigenvalue weighted by molar-refractivity contribution is 7.12. The lowest BCUT2D eigenvalue weighted by Crippen LogP contribution is -2.47. The summed E-state index contributed by atoms with van der Waals surface area (Å²) in [5.41, 5.74) is 11.0. The number of rotatable bonds is 10. The zero-order valence-electron chi connectivity index (χ0n) is 26.3. The van der Waals surface area contributed by atoms with E-state index in [1.165, 1.54) is 18.4 Å². The molecular weight excluding hydrogens is 597 g/mol. The molecule has 2 aromatic carbocycles. The topological polar surface area (TPSA) is 104 Å². The first kappa shape index (κ1) is 31.7. The summed E-state index contributed by atoms with van der Waals surface area (Å²) < 4.78 is 5.12. The van der Waals surface area contributed by atoms with Crippen molar-refractivity contribution >= 4 is 40.3 Å². The van der Waals surface area contributed by atoms with E-state index >= 15 is 0 Å². The Balaban J connectivity index is 1.24. The van der Waals surface area contributed by atoms with Gasteiger partial charge in [0.15, 0.2) is 0 Å².